The Morgan fingerprint density at radius 2 is 2.21 bits per heavy atom. The van der Waals surface area contributed by atoms with Gasteiger partial charge in [0.15, 0.2) is 0 Å². The first-order valence-corrected chi connectivity index (χ1v) is 7.35. The van der Waals surface area contributed by atoms with E-state index < -0.39 is 0 Å². The maximum Gasteiger partial charge on any atom is 0.308 e. The number of carbonyl (C=O) groups is 1. The van der Waals surface area contributed by atoms with Crippen LogP contribution in [0.3, 0.4) is 0 Å². The minimum Gasteiger partial charge on any atom is -0.426 e. The van der Waals surface area contributed by atoms with E-state index in [1.807, 2.05) is 12.1 Å². The van der Waals surface area contributed by atoms with Crippen molar-refractivity contribution >= 4 is 27.4 Å². The highest BCUT2D eigenvalue weighted by Gasteiger charge is 2.11. The van der Waals surface area contributed by atoms with Crippen molar-refractivity contribution in [3.8, 4) is 5.75 Å². The summed E-state index contributed by atoms with van der Waals surface area (Å²) < 4.78 is 6.49. The molecule has 0 aliphatic heterocycles. The zero-order valence-corrected chi connectivity index (χ0v) is 12.4. The molecule has 0 atom stereocenters. The van der Waals surface area contributed by atoms with Crippen molar-refractivity contribution in [2.24, 2.45) is 0 Å². The third-order valence-corrected chi connectivity index (χ3v) is 4.19. The summed E-state index contributed by atoms with van der Waals surface area (Å²) in [5.74, 6) is 0.413. The zero-order chi connectivity index (χ0) is 13.8. The quantitative estimate of drug-likeness (QED) is 0.620. The first-order valence-electron chi connectivity index (χ1n) is 6.48. The van der Waals surface area contributed by atoms with Gasteiger partial charge in [-0.2, -0.15) is 0 Å². The summed E-state index contributed by atoms with van der Waals surface area (Å²) in [4.78, 5) is 13.5. The summed E-state index contributed by atoms with van der Waals surface area (Å²) in [6.07, 6.45) is 0.975. The molecule has 2 aromatic rings. The standard InChI is InChI=1S/C15H19NO2S/c1-4-16(3)9-8-12-10-19-14-7-5-6-13(15(12)14)18-11(2)17/h5-7,10H,4,8-9H2,1-3H3. The average molecular weight is 277 g/mol. The molecule has 0 radical (unpaired) electrons. The van der Waals surface area contributed by atoms with Gasteiger partial charge in [0.2, 0.25) is 0 Å². The Morgan fingerprint density at radius 3 is 2.89 bits per heavy atom. The number of hydrogen-bond acceptors (Lipinski definition) is 4. The van der Waals surface area contributed by atoms with Crippen molar-refractivity contribution in [1.29, 1.82) is 0 Å². The van der Waals surface area contributed by atoms with E-state index in [0.29, 0.717) is 5.75 Å². The fourth-order valence-electron chi connectivity index (χ4n) is 2.01. The number of benzene rings is 1. The van der Waals surface area contributed by atoms with Gasteiger partial charge < -0.3 is 9.64 Å². The second-order valence-corrected chi connectivity index (χ2v) is 5.54. The molecule has 102 valence electrons. The predicted molar refractivity (Wildman–Crippen MR) is 80.0 cm³/mol. The van der Waals surface area contributed by atoms with Gasteiger partial charge in [0.05, 0.1) is 0 Å². The van der Waals surface area contributed by atoms with E-state index in [-0.39, 0.29) is 5.97 Å². The lowest BCUT2D eigenvalue weighted by atomic mass is 10.1. The smallest absolute Gasteiger partial charge is 0.308 e. The Bertz CT molecular complexity index is 577. The molecule has 0 spiro atoms. The molecule has 3 nitrogen and oxygen atoms in total. The van der Waals surface area contributed by atoms with Crippen LogP contribution in [0.25, 0.3) is 10.1 Å². The average Bonchev–Trinajstić information content (AvgIpc) is 2.79. The van der Waals surface area contributed by atoms with Crippen LogP contribution in [-0.2, 0) is 11.2 Å². The van der Waals surface area contributed by atoms with Crippen LogP contribution in [0.15, 0.2) is 23.6 Å². The Morgan fingerprint density at radius 1 is 1.42 bits per heavy atom. The molecular weight excluding hydrogens is 258 g/mol. The van der Waals surface area contributed by atoms with E-state index in [1.54, 1.807) is 11.3 Å². The summed E-state index contributed by atoms with van der Waals surface area (Å²) >= 11 is 1.70. The van der Waals surface area contributed by atoms with Gasteiger partial charge in [0.1, 0.15) is 5.75 Å². The second-order valence-electron chi connectivity index (χ2n) is 4.63. The van der Waals surface area contributed by atoms with E-state index in [9.17, 15) is 4.79 Å². The Hall–Kier alpha value is -1.39. The number of hydrogen-bond donors (Lipinski definition) is 0. The highest BCUT2D eigenvalue weighted by molar-refractivity contribution is 7.17. The molecule has 0 amide bonds. The van der Waals surface area contributed by atoms with Crippen LogP contribution in [0, 0.1) is 0 Å². The van der Waals surface area contributed by atoms with Crippen molar-refractivity contribution in [1.82, 2.24) is 4.90 Å². The van der Waals surface area contributed by atoms with Crippen molar-refractivity contribution in [3.63, 3.8) is 0 Å². The Kier molecular flexibility index (Phi) is 4.56. The van der Waals surface area contributed by atoms with Gasteiger partial charge in [-0.1, -0.05) is 13.0 Å². The summed E-state index contributed by atoms with van der Waals surface area (Å²) in [5, 5.41) is 3.26. The van der Waals surface area contributed by atoms with Crippen molar-refractivity contribution in [2.75, 3.05) is 20.1 Å². The van der Waals surface area contributed by atoms with Crippen LogP contribution in [0.2, 0.25) is 0 Å². The first-order chi connectivity index (χ1) is 9.11. The van der Waals surface area contributed by atoms with Gasteiger partial charge >= 0.3 is 5.97 Å². The number of esters is 1. The van der Waals surface area contributed by atoms with Gasteiger partial charge in [-0.3, -0.25) is 4.79 Å². The maximum atomic E-state index is 11.2. The molecule has 1 aromatic carbocycles. The molecule has 4 heteroatoms. The summed E-state index contributed by atoms with van der Waals surface area (Å²) in [6, 6.07) is 5.86. The number of thiophene rings is 1. The van der Waals surface area contributed by atoms with Crippen LogP contribution in [0.4, 0.5) is 0 Å². The van der Waals surface area contributed by atoms with E-state index in [2.05, 4.69) is 30.3 Å². The summed E-state index contributed by atoms with van der Waals surface area (Å²) in [7, 11) is 2.11. The van der Waals surface area contributed by atoms with Crippen molar-refractivity contribution < 1.29 is 9.53 Å². The fraction of sp³-hybridized carbons (Fsp3) is 0.400. The number of fused-ring (bicyclic) bond motifs is 1. The van der Waals surface area contributed by atoms with Gasteiger partial charge in [0, 0.05) is 23.6 Å². The summed E-state index contributed by atoms with van der Waals surface area (Å²) in [5.41, 5.74) is 1.26. The number of ether oxygens (including phenoxy) is 1. The molecule has 2 rings (SSSR count). The normalized spacial score (nSPS) is 11.2. The molecular formula is C15H19NO2S. The number of carbonyl (C=O) groups excluding carboxylic acids is 1. The van der Waals surface area contributed by atoms with E-state index in [4.69, 9.17) is 4.74 Å². The number of likely N-dealkylation sites (N-methyl/N-ethyl adjacent to an activating group) is 1. The predicted octanol–water partition coefficient (Wildman–Crippen LogP) is 3.32. The molecule has 0 saturated carbocycles. The van der Waals surface area contributed by atoms with Crippen LogP contribution in [0.5, 0.6) is 5.75 Å². The topological polar surface area (TPSA) is 29.5 Å². The zero-order valence-electron chi connectivity index (χ0n) is 11.6. The molecule has 0 aliphatic rings. The molecule has 0 aliphatic carbocycles. The first kappa shape index (κ1) is 14.0. The third kappa shape index (κ3) is 3.33. The molecule has 19 heavy (non-hydrogen) atoms. The Labute approximate surface area is 117 Å². The minimum absolute atomic E-state index is 0.268. The van der Waals surface area contributed by atoms with Crippen molar-refractivity contribution in [3.05, 3.63) is 29.1 Å². The van der Waals surface area contributed by atoms with Crippen LogP contribution < -0.4 is 4.74 Å². The molecule has 1 heterocycles. The van der Waals surface area contributed by atoms with Crippen LogP contribution in [-0.4, -0.2) is 31.0 Å². The van der Waals surface area contributed by atoms with Gasteiger partial charge in [-0.25, -0.2) is 0 Å². The largest absolute Gasteiger partial charge is 0.426 e. The highest BCUT2D eigenvalue weighted by Crippen LogP contribution is 2.34. The van der Waals surface area contributed by atoms with Gasteiger partial charge in [-0.05, 0) is 43.1 Å². The number of rotatable bonds is 5. The monoisotopic (exact) mass is 277 g/mol. The fourth-order valence-corrected chi connectivity index (χ4v) is 3.02. The van der Waals surface area contributed by atoms with E-state index in [1.165, 1.54) is 17.2 Å². The molecule has 0 saturated heterocycles. The van der Waals surface area contributed by atoms with Gasteiger partial charge in [-0.15, -0.1) is 11.3 Å². The second kappa shape index (κ2) is 6.17. The van der Waals surface area contributed by atoms with Crippen LogP contribution >= 0.6 is 11.3 Å². The highest BCUT2D eigenvalue weighted by atomic mass is 32.1. The Balaban J connectivity index is 2.31. The molecule has 0 fully saturated rings. The lowest BCUT2D eigenvalue weighted by molar-refractivity contribution is -0.131. The molecule has 0 unspecified atom stereocenters. The van der Waals surface area contributed by atoms with E-state index >= 15 is 0 Å². The minimum atomic E-state index is -0.268. The van der Waals surface area contributed by atoms with Gasteiger partial charge in [0.25, 0.3) is 0 Å². The summed E-state index contributed by atoms with van der Waals surface area (Å²) in [6.45, 7) is 5.64. The van der Waals surface area contributed by atoms with E-state index in [0.717, 1.165) is 24.9 Å². The molecule has 0 bridgehead atoms. The lowest BCUT2D eigenvalue weighted by Gasteiger charge is -2.13. The van der Waals surface area contributed by atoms with Crippen molar-refractivity contribution in [2.45, 2.75) is 20.3 Å². The SMILES string of the molecule is CCN(C)CCc1csc2cccc(OC(C)=O)c12. The van der Waals surface area contributed by atoms with Crippen LogP contribution in [0.1, 0.15) is 19.4 Å². The molecule has 1 aromatic heterocycles. The third-order valence-electron chi connectivity index (χ3n) is 3.19. The maximum absolute atomic E-state index is 11.2. The molecule has 0 N–H and O–H groups in total. The lowest BCUT2D eigenvalue weighted by Crippen LogP contribution is -2.20. The number of nitrogens with zero attached hydrogens (tertiary/aromatic N) is 1.